The summed E-state index contributed by atoms with van der Waals surface area (Å²) in [6, 6.07) is 12.4. The van der Waals surface area contributed by atoms with E-state index in [2.05, 4.69) is 43.8 Å². The van der Waals surface area contributed by atoms with Gasteiger partial charge in [-0.05, 0) is 66.8 Å². The molecule has 0 spiro atoms. The molecule has 0 unspecified atom stereocenters. The average Bonchev–Trinajstić information content (AvgIpc) is 3.33. The maximum atomic E-state index is 10.7. The molecule has 1 fully saturated rings. The summed E-state index contributed by atoms with van der Waals surface area (Å²) in [5.41, 5.74) is -5.53. The zero-order valence-corrected chi connectivity index (χ0v) is 20.7. The SMILES string of the molecule is C1CCSC1.CCCCOc1ccc2c(OCCCC)cccc2c1.O=S(=O)(O)C(F)(F)F. The second kappa shape index (κ2) is 15.3. The molecule has 0 bridgehead atoms. The Morgan fingerprint density at radius 3 is 2.03 bits per heavy atom. The minimum atomic E-state index is -5.84. The highest BCUT2D eigenvalue weighted by atomic mass is 32.2. The predicted molar refractivity (Wildman–Crippen MR) is 129 cm³/mol. The number of fused-ring (bicyclic) bond motifs is 1. The second-order valence-corrected chi connectivity index (χ2v) is 9.92. The molecule has 0 atom stereocenters. The molecule has 2 aromatic rings. The van der Waals surface area contributed by atoms with E-state index >= 15 is 0 Å². The van der Waals surface area contributed by atoms with Crippen molar-refractivity contribution in [2.24, 2.45) is 0 Å². The van der Waals surface area contributed by atoms with Crippen molar-refractivity contribution in [3.8, 4) is 11.5 Å². The van der Waals surface area contributed by atoms with Gasteiger partial charge < -0.3 is 9.47 Å². The molecule has 33 heavy (non-hydrogen) atoms. The van der Waals surface area contributed by atoms with Gasteiger partial charge in [-0.1, -0.05) is 38.8 Å². The van der Waals surface area contributed by atoms with Crippen LogP contribution in [-0.2, 0) is 10.1 Å². The van der Waals surface area contributed by atoms with Crippen molar-refractivity contribution < 1.29 is 35.6 Å². The van der Waals surface area contributed by atoms with E-state index in [4.69, 9.17) is 22.4 Å². The molecule has 0 saturated carbocycles. The largest absolute Gasteiger partial charge is 0.522 e. The molecule has 0 radical (unpaired) electrons. The molecular weight excluding hydrogens is 477 g/mol. The van der Waals surface area contributed by atoms with E-state index in [0.29, 0.717) is 0 Å². The molecular formula is C23H33F3O5S2. The maximum Gasteiger partial charge on any atom is 0.522 e. The van der Waals surface area contributed by atoms with Crippen molar-refractivity contribution in [1.82, 2.24) is 0 Å². The van der Waals surface area contributed by atoms with Crippen molar-refractivity contribution >= 4 is 32.7 Å². The molecule has 5 nitrogen and oxygen atoms in total. The van der Waals surface area contributed by atoms with Gasteiger partial charge in [-0.25, -0.2) is 0 Å². The second-order valence-electron chi connectivity index (χ2n) is 7.28. The molecule has 1 saturated heterocycles. The quantitative estimate of drug-likeness (QED) is 0.232. The zero-order chi connectivity index (χ0) is 24.7. The van der Waals surface area contributed by atoms with E-state index in [9.17, 15) is 13.2 Å². The van der Waals surface area contributed by atoms with Crippen molar-refractivity contribution in [2.75, 3.05) is 24.7 Å². The van der Waals surface area contributed by atoms with E-state index in [-0.39, 0.29) is 0 Å². The van der Waals surface area contributed by atoms with Crippen LogP contribution in [0.5, 0.6) is 11.5 Å². The summed E-state index contributed by atoms with van der Waals surface area (Å²) in [5, 5.41) is 2.33. The third-order valence-electron chi connectivity index (χ3n) is 4.45. The number of thioether (sulfide) groups is 1. The molecule has 2 aromatic carbocycles. The van der Waals surface area contributed by atoms with E-state index in [1.165, 1.54) is 29.7 Å². The Hall–Kier alpha value is -1.65. The Balaban J connectivity index is 0.000000342. The van der Waals surface area contributed by atoms with Gasteiger partial charge in [0.25, 0.3) is 0 Å². The van der Waals surface area contributed by atoms with Gasteiger partial charge >= 0.3 is 15.6 Å². The lowest BCUT2D eigenvalue weighted by molar-refractivity contribution is -0.0510. The molecule has 1 N–H and O–H groups in total. The fourth-order valence-corrected chi connectivity index (χ4v) is 3.64. The lowest BCUT2D eigenvalue weighted by Crippen LogP contribution is -2.21. The summed E-state index contributed by atoms with van der Waals surface area (Å²) in [7, 11) is -5.84. The number of unbranched alkanes of at least 4 members (excludes halogenated alkanes) is 2. The van der Waals surface area contributed by atoms with Crippen molar-refractivity contribution in [1.29, 1.82) is 0 Å². The minimum Gasteiger partial charge on any atom is -0.494 e. The van der Waals surface area contributed by atoms with Crippen LogP contribution in [0.2, 0.25) is 0 Å². The van der Waals surface area contributed by atoms with Gasteiger partial charge in [0.1, 0.15) is 11.5 Å². The Morgan fingerprint density at radius 2 is 1.55 bits per heavy atom. The summed E-state index contributed by atoms with van der Waals surface area (Å²) >= 11 is 2.07. The minimum absolute atomic E-state index is 0.782. The van der Waals surface area contributed by atoms with Gasteiger partial charge in [0.15, 0.2) is 0 Å². The number of hydrogen-bond donors (Lipinski definition) is 1. The predicted octanol–water partition coefficient (Wildman–Crippen LogP) is 7.11. The summed E-state index contributed by atoms with van der Waals surface area (Å²) in [4.78, 5) is 0. The summed E-state index contributed by atoms with van der Waals surface area (Å²) in [6.07, 6.45) is 7.42. The normalized spacial score (nSPS) is 13.5. The van der Waals surface area contributed by atoms with E-state index in [1.807, 2.05) is 18.2 Å². The first-order valence-electron chi connectivity index (χ1n) is 11.0. The van der Waals surface area contributed by atoms with E-state index < -0.39 is 15.6 Å². The third-order valence-corrected chi connectivity index (χ3v) is 6.19. The fourth-order valence-electron chi connectivity index (χ4n) is 2.62. The number of ether oxygens (including phenoxy) is 2. The molecule has 188 valence electrons. The van der Waals surface area contributed by atoms with Gasteiger partial charge in [0.05, 0.1) is 13.2 Å². The van der Waals surface area contributed by atoms with Crippen LogP contribution < -0.4 is 9.47 Å². The Labute approximate surface area is 198 Å². The number of benzene rings is 2. The fraction of sp³-hybridized carbons (Fsp3) is 0.565. The highest BCUT2D eigenvalue weighted by molar-refractivity contribution is 7.99. The lowest BCUT2D eigenvalue weighted by Gasteiger charge is -2.11. The molecule has 10 heteroatoms. The average molecular weight is 511 g/mol. The number of halogens is 3. The van der Waals surface area contributed by atoms with Crippen LogP contribution in [0.1, 0.15) is 52.4 Å². The molecule has 0 aliphatic carbocycles. The van der Waals surface area contributed by atoms with Gasteiger partial charge in [0, 0.05) is 5.39 Å². The van der Waals surface area contributed by atoms with Crippen LogP contribution in [-0.4, -0.2) is 43.2 Å². The van der Waals surface area contributed by atoms with Gasteiger partial charge in [-0.15, -0.1) is 0 Å². The van der Waals surface area contributed by atoms with Gasteiger partial charge in [0.2, 0.25) is 0 Å². The van der Waals surface area contributed by atoms with E-state index in [1.54, 1.807) is 0 Å². The van der Waals surface area contributed by atoms with Crippen LogP contribution in [0.15, 0.2) is 36.4 Å². The van der Waals surface area contributed by atoms with Gasteiger partial charge in [-0.3, -0.25) is 4.55 Å². The molecule has 1 heterocycles. The first kappa shape index (κ1) is 29.4. The van der Waals surface area contributed by atoms with Crippen LogP contribution in [0, 0.1) is 0 Å². The Bertz CT molecular complexity index is 906. The first-order valence-corrected chi connectivity index (χ1v) is 13.6. The van der Waals surface area contributed by atoms with Crippen LogP contribution in [0.3, 0.4) is 0 Å². The lowest BCUT2D eigenvalue weighted by atomic mass is 10.1. The van der Waals surface area contributed by atoms with Crippen molar-refractivity contribution in [3.63, 3.8) is 0 Å². The summed E-state index contributed by atoms with van der Waals surface area (Å²) in [5.74, 6) is 4.74. The van der Waals surface area contributed by atoms with Crippen LogP contribution in [0.25, 0.3) is 10.8 Å². The van der Waals surface area contributed by atoms with Gasteiger partial charge in [-0.2, -0.15) is 33.4 Å². The Kier molecular flexibility index (Phi) is 13.6. The smallest absolute Gasteiger partial charge is 0.494 e. The number of alkyl halides is 3. The molecule has 1 aliphatic heterocycles. The van der Waals surface area contributed by atoms with Crippen LogP contribution >= 0.6 is 11.8 Å². The van der Waals surface area contributed by atoms with Crippen molar-refractivity contribution in [3.05, 3.63) is 36.4 Å². The number of hydrogen-bond acceptors (Lipinski definition) is 5. The van der Waals surface area contributed by atoms with Crippen LogP contribution in [0.4, 0.5) is 13.2 Å². The third kappa shape index (κ3) is 11.9. The molecule has 0 aromatic heterocycles. The van der Waals surface area contributed by atoms with E-state index in [0.717, 1.165) is 55.8 Å². The maximum absolute atomic E-state index is 10.7. The first-order chi connectivity index (χ1) is 15.6. The molecule has 1 aliphatic rings. The topological polar surface area (TPSA) is 72.8 Å². The highest BCUT2D eigenvalue weighted by Gasteiger charge is 2.44. The highest BCUT2D eigenvalue weighted by Crippen LogP contribution is 2.29. The molecule has 0 amide bonds. The summed E-state index contributed by atoms with van der Waals surface area (Å²) in [6.45, 7) is 5.91. The summed E-state index contributed by atoms with van der Waals surface area (Å²) < 4.78 is 69.2. The monoisotopic (exact) mass is 510 g/mol. The standard InChI is InChI=1S/C18H24O2.C4H8S.CHF3O3S/c1-3-5-12-19-16-10-11-17-15(14-16)8-7-9-18(17)20-13-6-4-2;1-2-4-5-3-1;2-1(3,4)8(5,6)7/h7-11,14H,3-6,12-13H2,1-2H3;1-4H2;(H,5,6,7). The number of rotatable bonds is 8. The molecule has 3 rings (SSSR count). The zero-order valence-electron chi connectivity index (χ0n) is 19.1. The Morgan fingerprint density at radius 1 is 0.970 bits per heavy atom. The van der Waals surface area contributed by atoms with Crippen molar-refractivity contribution in [2.45, 2.75) is 57.9 Å².